The van der Waals surface area contributed by atoms with Crippen molar-refractivity contribution < 1.29 is 4.79 Å². The fourth-order valence-electron chi connectivity index (χ4n) is 0.557. The van der Waals surface area contributed by atoms with Gasteiger partial charge in [0.25, 0.3) is 0 Å². The van der Waals surface area contributed by atoms with E-state index in [1.807, 2.05) is 27.7 Å². The first-order chi connectivity index (χ1) is 4.09. The van der Waals surface area contributed by atoms with Crippen LogP contribution >= 0.6 is 0 Å². The van der Waals surface area contributed by atoms with Gasteiger partial charge in [0, 0.05) is 5.92 Å². The third kappa shape index (κ3) is 2.45. The molecule has 0 radical (unpaired) electrons. The van der Waals surface area contributed by atoms with Crippen LogP contribution in [0.2, 0.25) is 0 Å². The summed E-state index contributed by atoms with van der Waals surface area (Å²) in [5.74, 6) is 0.0926. The Kier molecular flexibility index (Phi) is 3.21. The van der Waals surface area contributed by atoms with E-state index in [1.165, 1.54) is 11.1 Å². The Morgan fingerprint density at radius 1 is 1.33 bits per heavy atom. The zero-order chi connectivity index (χ0) is 7.44. The van der Waals surface area contributed by atoms with E-state index in [4.69, 9.17) is 0 Å². The lowest BCUT2D eigenvalue weighted by molar-refractivity contribution is -0.109. The fraction of sp³-hybridized carbons (Fsp3) is 0.625. The molecule has 1 heteroatoms. The lowest BCUT2D eigenvalue weighted by Gasteiger charge is -2.04. The van der Waals surface area contributed by atoms with Gasteiger partial charge in [-0.15, -0.1) is 0 Å². The maximum Gasteiger partial charge on any atom is 0.126 e. The highest BCUT2D eigenvalue weighted by molar-refractivity contribution is 5.58. The first kappa shape index (κ1) is 8.41. The van der Waals surface area contributed by atoms with Gasteiger partial charge in [-0.05, 0) is 20.8 Å². The molecular formula is C8H14O. The molecule has 0 saturated carbocycles. The first-order valence-corrected chi connectivity index (χ1v) is 3.19. The van der Waals surface area contributed by atoms with E-state index in [-0.39, 0.29) is 5.92 Å². The van der Waals surface area contributed by atoms with Gasteiger partial charge in [-0.1, -0.05) is 18.1 Å². The molecule has 0 bridgehead atoms. The summed E-state index contributed by atoms with van der Waals surface area (Å²) in [5, 5.41) is 0. The van der Waals surface area contributed by atoms with Gasteiger partial charge < -0.3 is 4.79 Å². The molecule has 0 N–H and O–H groups in total. The van der Waals surface area contributed by atoms with E-state index in [9.17, 15) is 4.79 Å². The van der Waals surface area contributed by atoms with E-state index in [1.54, 1.807) is 0 Å². The number of hydrogen-bond donors (Lipinski definition) is 0. The normalized spacial score (nSPS) is 12.4. The predicted molar refractivity (Wildman–Crippen MR) is 39.3 cm³/mol. The monoisotopic (exact) mass is 126 g/mol. The molecular weight excluding hydrogens is 112 g/mol. The number of carbonyl (C=O) groups excluding carboxylic acids is 1. The minimum atomic E-state index is 0.0926. The van der Waals surface area contributed by atoms with Crippen molar-refractivity contribution in [3.05, 3.63) is 11.1 Å². The van der Waals surface area contributed by atoms with Gasteiger partial charge in [0.1, 0.15) is 6.29 Å². The number of aldehydes is 1. The lowest BCUT2D eigenvalue weighted by atomic mass is 10.0. The Balaban J connectivity index is 4.19. The van der Waals surface area contributed by atoms with Crippen LogP contribution in [0.15, 0.2) is 11.1 Å². The van der Waals surface area contributed by atoms with E-state index in [0.717, 1.165) is 6.29 Å². The number of hydrogen-bond acceptors (Lipinski definition) is 1. The van der Waals surface area contributed by atoms with E-state index < -0.39 is 0 Å². The second-order valence-electron chi connectivity index (χ2n) is 2.61. The van der Waals surface area contributed by atoms with Crippen LogP contribution in [0.25, 0.3) is 0 Å². The van der Waals surface area contributed by atoms with Crippen molar-refractivity contribution in [2.75, 3.05) is 0 Å². The van der Waals surface area contributed by atoms with E-state index >= 15 is 0 Å². The lowest BCUT2D eigenvalue weighted by Crippen LogP contribution is -1.98. The molecule has 0 aliphatic carbocycles. The van der Waals surface area contributed by atoms with Crippen molar-refractivity contribution in [2.45, 2.75) is 27.7 Å². The summed E-state index contributed by atoms with van der Waals surface area (Å²) in [6.45, 7) is 7.95. The average Bonchev–Trinajstić information content (AvgIpc) is 1.84. The Hall–Kier alpha value is -0.590. The smallest absolute Gasteiger partial charge is 0.126 e. The van der Waals surface area contributed by atoms with Crippen molar-refractivity contribution in [1.82, 2.24) is 0 Å². The summed E-state index contributed by atoms with van der Waals surface area (Å²) in [4.78, 5) is 10.2. The summed E-state index contributed by atoms with van der Waals surface area (Å²) in [7, 11) is 0. The van der Waals surface area contributed by atoms with Gasteiger partial charge in [-0.2, -0.15) is 0 Å². The molecule has 0 amide bonds. The molecule has 52 valence electrons. The molecule has 0 aromatic heterocycles. The van der Waals surface area contributed by atoms with E-state index in [2.05, 4.69) is 0 Å². The molecule has 0 heterocycles. The predicted octanol–water partition coefficient (Wildman–Crippen LogP) is 2.18. The van der Waals surface area contributed by atoms with Crippen LogP contribution in [0.1, 0.15) is 27.7 Å². The second kappa shape index (κ2) is 3.44. The minimum Gasteiger partial charge on any atom is -0.303 e. The Morgan fingerprint density at radius 2 is 1.78 bits per heavy atom. The molecule has 0 aromatic rings. The highest BCUT2D eigenvalue weighted by Gasteiger charge is 2.01. The topological polar surface area (TPSA) is 17.1 Å². The van der Waals surface area contributed by atoms with Crippen molar-refractivity contribution in [2.24, 2.45) is 5.92 Å². The standard InChI is InChI=1S/C8H14O/c1-6(2)8(4)7(3)5-9/h5,7H,1-4H3. The molecule has 0 fully saturated rings. The quantitative estimate of drug-likeness (QED) is 0.409. The number of carbonyl (C=O) groups is 1. The summed E-state index contributed by atoms with van der Waals surface area (Å²) in [6, 6.07) is 0. The Morgan fingerprint density at radius 3 is 1.89 bits per heavy atom. The molecule has 0 aliphatic heterocycles. The third-order valence-corrected chi connectivity index (χ3v) is 1.68. The fourth-order valence-corrected chi connectivity index (χ4v) is 0.557. The summed E-state index contributed by atoms with van der Waals surface area (Å²) < 4.78 is 0. The SMILES string of the molecule is CC(C)=C(C)C(C)C=O. The van der Waals surface area contributed by atoms with Gasteiger partial charge in [0.15, 0.2) is 0 Å². The van der Waals surface area contributed by atoms with Crippen LogP contribution in [-0.4, -0.2) is 6.29 Å². The summed E-state index contributed by atoms with van der Waals surface area (Å²) >= 11 is 0. The highest BCUT2D eigenvalue weighted by atomic mass is 16.1. The third-order valence-electron chi connectivity index (χ3n) is 1.68. The Bertz CT molecular complexity index is 130. The molecule has 1 unspecified atom stereocenters. The number of allylic oxidation sites excluding steroid dienone is 2. The van der Waals surface area contributed by atoms with Crippen molar-refractivity contribution in [1.29, 1.82) is 0 Å². The van der Waals surface area contributed by atoms with Crippen molar-refractivity contribution >= 4 is 6.29 Å². The molecule has 1 atom stereocenters. The van der Waals surface area contributed by atoms with Crippen LogP contribution in [0, 0.1) is 5.92 Å². The number of rotatable bonds is 2. The van der Waals surface area contributed by atoms with Crippen LogP contribution in [0.4, 0.5) is 0 Å². The molecule has 0 saturated heterocycles. The largest absolute Gasteiger partial charge is 0.303 e. The first-order valence-electron chi connectivity index (χ1n) is 3.19. The van der Waals surface area contributed by atoms with Gasteiger partial charge in [-0.25, -0.2) is 0 Å². The van der Waals surface area contributed by atoms with Gasteiger partial charge in [-0.3, -0.25) is 0 Å². The molecule has 0 aliphatic rings. The zero-order valence-corrected chi connectivity index (χ0v) is 6.56. The highest BCUT2D eigenvalue weighted by Crippen LogP contribution is 2.10. The zero-order valence-electron chi connectivity index (χ0n) is 6.56. The van der Waals surface area contributed by atoms with Crippen LogP contribution in [0.3, 0.4) is 0 Å². The van der Waals surface area contributed by atoms with Crippen LogP contribution < -0.4 is 0 Å². The van der Waals surface area contributed by atoms with Crippen molar-refractivity contribution in [3.8, 4) is 0 Å². The summed E-state index contributed by atoms with van der Waals surface area (Å²) in [5.41, 5.74) is 2.43. The van der Waals surface area contributed by atoms with Gasteiger partial charge in [0.2, 0.25) is 0 Å². The second-order valence-corrected chi connectivity index (χ2v) is 2.61. The maximum absolute atomic E-state index is 10.2. The minimum absolute atomic E-state index is 0.0926. The molecule has 0 aromatic carbocycles. The Labute approximate surface area is 56.8 Å². The van der Waals surface area contributed by atoms with Gasteiger partial charge in [0.05, 0.1) is 0 Å². The van der Waals surface area contributed by atoms with E-state index in [0.29, 0.717) is 0 Å². The summed E-state index contributed by atoms with van der Waals surface area (Å²) in [6.07, 6.45) is 0.975. The molecule has 0 rings (SSSR count). The molecule has 0 spiro atoms. The van der Waals surface area contributed by atoms with Crippen molar-refractivity contribution in [3.63, 3.8) is 0 Å². The van der Waals surface area contributed by atoms with Crippen LogP contribution in [-0.2, 0) is 4.79 Å². The maximum atomic E-state index is 10.2. The average molecular weight is 126 g/mol. The van der Waals surface area contributed by atoms with Gasteiger partial charge >= 0.3 is 0 Å². The molecule has 9 heavy (non-hydrogen) atoms. The molecule has 1 nitrogen and oxygen atoms in total. The van der Waals surface area contributed by atoms with Crippen LogP contribution in [0.5, 0.6) is 0 Å².